The molecule has 0 aromatic heterocycles. The van der Waals surface area contributed by atoms with Crippen molar-refractivity contribution in [3.8, 4) is 0 Å². The fourth-order valence-electron chi connectivity index (χ4n) is 3.00. The number of carbonyl (C=O) groups is 1. The molecule has 0 radical (unpaired) electrons. The highest BCUT2D eigenvalue weighted by Crippen LogP contribution is 2.21. The van der Waals surface area contributed by atoms with Crippen molar-refractivity contribution in [1.82, 2.24) is 10.2 Å². The second-order valence-electron chi connectivity index (χ2n) is 5.84. The number of nitrogens with zero attached hydrogens (tertiary/aromatic N) is 1. The molecule has 0 aliphatic carbocycles. The smallest absolute Gasteiger partial charge is 0.254 e. The zero-order chi connectivity index (χ0) is 14.9. The van der Waals surface area contributed by atoms with Crippen LogP contribution in [0.1, 0.15) is 16.8 Å². The molecule has 1 amide bonds. The van der Waals surface area contributed by atoms with Crippen LogP contribution in [-0.2, 0) is 0 Å². The van der Waals surface area contributed by atoms with Gasteiger partial charge in [-0.15, -0.1) is 0 Å². The van der Waals surface area contributed by atoms with Gasteiger partial charge in [0, 0.05) is 19.2 Å². The summed E-state index contributed by atoms with van der Waals surface area (Å²) in [7, 11) is 1.75. The fraction of sp³-hybridized carbons (Fsp3) is 0.353. The van der Waals surface area contributed by atoms with Gasteiger partial charge < -0.3 is 15.3 Å². The number of aliphatic hydroxyl groups is 1. The van der Waals surface area contributed by atoms with E-state index in [1.54, 1.807) is 11.9 Å². The van der Waals surface area contributed by atoms with Crippen molar-refractivity contribution in [3.05, 3.63) is 48.0 Å². The summed E-state index contributed by atoms with van der Waals surface area (Å²) in [6, 6.07) is 13.6. The lowest BCUT2D eigenvalue weighted by atomic mass is 10.0. The first-order valence-corrected chi connectivity index (χ1v) is 7.25. The van der Waals surface area contributed by atoms with E-state index in [1.165, 1.54) is 0 Å². The van der Waals surface area contributed by atoms with E-state index in [0.29, 0.717) is 25.1 Å². The van der Waals surface area contributed by atoms with Crippen LogP contribution in [0.5, 0.6) is 0 Å². The third-order valence-corrected chi connectivity index (χ3v) is 4.12. The average molecular weight is 284 g/mol. The Hall–Kier alpha value is -1.91. The predicted molar refractivity (Wildman–Crippen MR) is 83.3 cm³/mol. The molecule has 2 aromatic carbocycles. The number of carbonyl (C=O) groups excluding carboxylic acids is 1. The molecule has 1 saturated heterocycles. The van der Waals surface area contributed by atoms with Crippen LogP contribution >= 0.6 is 0 Å². The summed E-state index contributed by atoms with van der Waals surface area (Å²) in [5.74, 6) is -0.0490. The minimum absolute atomic E-state index is 0.0490. The highest BCUT2D eigenvalue weighted by Gasteiger charge is 2.33. The molecule has 0 spiro atoms. The maximum Gasteiger partial charge on any atom is 0.254 e. The molecule has 1 unspecified atom stereocenters. The van der Waals surface area contributed by atoms with Crippen LogP contribution in [-0.4, -0.2) is 48.2 Å². The fourth-order valence-corrected chi connectivity index (χ4v) is 3.00. The van der Waals surface area contributed by atoms with Gasteiger partial charge in [-0.2, -0.15) is 0 Å². The zero-order valence-corrected chi connectivity index (χ0v) is 12.2. The summed E-state index contributed by atoms with van der Waals surface area (Å²) in [5, 5.41) is 15.6. The predicted octanol–water partition coefficient (Wildman–Crippen LogP) is 1.64. The van der Waals surface area contributed by atoms with Crippen molar-refractivity contribution in [3.63, 3.8) is 0 Å². The number of hydrogen-bond donors (Lipinski definition) is 2. The first-order chi connectivity index (χ1) is 10.1. The lowest BCUT2D eigenvalue weighted by Crippen LogP contribution is -2.45. The number of nitrogens with one attached hydrogen (secondary N) is 1. The second kappa shape index (κ2) is 5.47. The van der Waals surface area contributed by atoms with Crippen LogP contribution in [0.15, 0.2) is 42.5 Å². The molecule has 1 aliphatic rings. The summed E-state index contributed by atoms with van der Waals surface area (Å²) in [6.07, 6.45) is 0.681. The lowest BCUT2D eigenvalue weighted by molar-refractivity contribution is 0.0253. The van der Waals surface area contributed by atoms with Crippen molar-refractivity contribution in [1.29, 1.82) is 0 Å². The Morgan fingerprint density at radius 1 is 1.29 bits per heavy atom. The maximum atomic E-state index is 12.7. The Bertz CT molecular complexity index is 657. The van der Waals surface area contributed by atoms with Gasteiger partial charge in [0.2, 0.25) is 0 Å². The molecule has 0 bridgehead atoms. The molecule has 0 saturated carbocycles. The molecule has 1 fully saturated rings. The van der Waals surface area contributed by atoms with Gasteiger partial charge in [-0.1, -0.05) is 36.4 Å². The third kappa shape index (κ3) is 2.77. The normalized spacial score (nSPS) is 21.6. The van der Waals surface area contributed by atoms with E-state index in [-0.39, 0.29) is 5.91 Å². The van der Waals surface area contributed by atoms with Gasteiger partial charge in [0.05, 0.1) is 12.1 Å². The standard InChI is InChI=1S/C17H20N2O2/c1-19(12-17(21)9-10-18-11-17)16(20)15-8-4-6-13-5-2-3-7-14(13)15/h2-8,18,21H,9-12H2,1H3. The van der Waals surface area contributed by atoms with Gasteiger partial charge in [-0.3, -0.25) is 4.79 Å². The van der Waals surface area contributed by atoms with Gasteiger partial charge in [-0.25, -0.2) is 0 Å². The number of rotatable bonds is 3. The summed E-state index contributed by atoms with van der Waals surface area (Å²) >= 11 is 0. The van der Waals surface area contributed by atoms with Crippen molar-refractivity contribution in [2.75, 3.05) is 26.7 Å². The van der Waals surface area contributed by atoms with Crippen molar-refractivity contribution >= 4 is 16.7 Å². The van der Waals surface area contributed by atoms with Crippen molar-refractivity contribution < 1.29 is 9.90 Å². The Kier molecular flexibility index (Phi) is 3.66. The summed E-state index contributed by atoms with van der Waals surface area (Å²) in [4.78, 5) is 14.3. The van der Waals surface area contributed by atoms with Gasteiger partial charge in [0.15, 0.2) is 0 Å². The molecular formula is C17H20N2O2. The molecule has 110 valence electrons. The quantitative estimate of drug-likeness (QED) is 0.901. The van der Waals surface area contributed by atoms with Gasteiger partial charge in [0.25, 0.3) is 5.91 Å². The topological polar surface area (TPSA) is 52.6 Å². The van der Waals surface area contributed by atoms with Crippen LogP contribution in [0.3, 0.4) is 0 Å². The van der Waals surface area contributed by atoms with E-state index in [9.17, 15) is 9.90 Å². The van der Waals surface area contributed by atoms with E-state index in [1.807, 2.05) is 42.5 Å². The largest absolute Gasteiger partial charge is 0.387 e. The Morgan fingerprint density at radius 2 is 2.05 bits per heavy atom. The highest BCUT2D eigenvalue weighted by molar-refractivity contribution is 6.06. The first kappa shape index (κ1) is 14.0. The van der Waals surface area contributed by atoms with Crippen LogP contribution in [0.4, 0.5) is 0 Å². The van der Waals surface area contributed by atoms with Crippen LogP contribution < -0.4 is 5.32 Å². The first-order valence-electron chi connectivity index (χ1n) is 7.25. The molecular weight excluding hydrogens is 264 g/mol. The minimum Gasteiger partial charge on any atom is -0.387 e. The molecule has 2 N–H and O–H groups in total. The number of likely N-dealkylation sites (N-methyl/N-ethyl adjacent to an activating group) is 1. The molecule has 4 heteroatoms. The molecule has 2 aromatic rings. The van der Waals surface area contributed by atoms with Gasteiger partial charge in [-0.05, 0) is 29.8 Å². The SMILES string of the molecule is CN(CC1(O)CCNC1)C(=O)c1cccc2ccccc12. The molecule has 21 heavy (non-hydrogen) atoms. The summed E-state index contributed by atoms with van der Waals surface area (Å²) in [6.45, 7) is 1.69. The van der Waals surface area contributed by atoms with Crippen LogP contribution in [0, 0.1) is 0 Å². The van der Waals surface area contributed by atoms with E-state index < -0.39 is 5.60 Å². The Morgan fingerprint density at radius 3 is 2.81 bits per heavy atom. The van der Waals surface area contributed by atoms with Crippen molar-refractivity contribution in [2.24, 2.45) is 0 Å². The van der Waals surface area contributed by atoms with Crippen molar-refractivity contribution in [2.45, 2.75) is 12.0 Å². The van der Waals surface area contributed by atoms with E-state index in [4.69, 9.17) is 0 Å². The average Bonchev–Trinajstić information content (AvgIpc) is 2.92. The molecule has 3 rings (SSSR count). The highest BCUT2D eigenvalue weighted by atomic mass is 16.3. The molecule has 4 nitrogen and oxygen atoms in total. The number of amides is 1. The van der Waals surface area contributed by atoms with Crippen LogP contribution in [0.25, 0.3) is 10.8 Å². The number of hydrogen-bond acceptors (Lipinski definition) is 3. The van der Waals surface area contributed by atoms with Gasteiger partial charge in [0.1, 0.15) is 0 Å². The lowest BCUT2D eigenvalue weighted by Gasteiger charge is -2.28. The number of benzene rings is 2. The zero-order valence-electron chi connectivity index (χ0n) is 12.2. The Balaban J connectivity index is 1.86. The maximum absolute atomic E-state index is 12.7. The monoisotopic (exact) mass is 284 g/mol. The number of β-amino-alcohol motifs (C(OH)–C–C–N with tert-alkyl or cyclic N) is 1. The second-order valence-corrected chi connectivity index (χ2v) is 5.84. The van der Waals surface area contributed by atoms with E-state index in [0.717, 1.165) is 17.3 Å². The number of fused-ring (bicyclic) bond motifs is 1. The summed E-state index contributed by atoms with van der Waals surface area (Å²) in [5.41, 5.74) is -0.125. The molecule has 1 atom stereocenters. The van der Waals surface area contributed by atoms with E-state index in [2.05, 4.69) is 5.32 Å². The molecule has 1 aliphatic heterocycles. The van der Waals surface area contributed by atoms with Gasteiger partial charge >= 0.3 is 0 Å². The third-order valence-electron chi connectivity index (χ3n) is 4.12. The summed E-state index contributed by atoms with van der Waals surface area (Å²) < 4.78 is 0. The van der Waals surface area contributed by atoms with Crippen LogP contribution in [0.2, 0.25) is 0 Å². The minimum atomic E-state index is -0.811. The van der Waals surface area contributed by atoms with E-state index >= 15 is 0 Å². The molecule has 1 heterocycles. The Labute approximate surface area is 124 Å².